The predicted octanol–water partition coefficient (Wildman–Crippen LogP) is 7.34. The zero-order chi connectivity index (χ0) is 22.0. The molecule has 0 saturated carbocycles. The van der Waals surface area contributed by atoms with Gasteiger partial charge in [0.15, 0.2) is 0 Å². The van der Waals surface area contributed by atoms with Crippen LogP contribution in [0.5, 0.6) is 0 Å². The quantitative estimate of drug-likeness (QED) is 0.385. The second-order valence-corrected chi connectivity index (χ2v) is 19.5. The van der Waals surface area contributed by atoms with Crippen LogP contribution in [-0.4, -0.2) is 13.3 Å². The van der Waals surface area contributed by atoms with E-state index in [1.807, 2.05) is 0 Å². The van der Waals surface area contributed by atoms with Crippen LogP contribution in [0.4, 0.5) is 0 Å². The van der Waals surface area contributed by atoms with E-state index in [2.05, 4.69) is 93.5 Å². The molecule has 0 bridgehead atoms. The standard InChI is InChI=1S/C28H44Ge/c1-11-12-14-29(15-13-28(8,9)10,26-22(4)16-20(2)17-23(26)5)27-24(6)18-21(3)19-25(27)7/h16-19H,11-15H2,1-10H3. The SMILES string of the molecule is CCC[CH2][Ge]([CH2]CC(C)(C)C)([c]1c(C)cc(C)cc1C)[c]1c(C)cc(C)cc1C. The molecular weight excluding hydrogens is 409 g/mol. The van der Waals surface area contributed by atoms with Gasteiger partial charge in [0.25, 0.3) is 0 Å². The fraction of sp³-hybridized carbons (Fsp3) is 0.571. The summed E-state index contributed by atoms with van der Waals surface area (Å²) in [6, 6.07) is 9.79. The van der Waals surface area contributed by atoms with Crippen LogP contribution in [0.1, 0.15) is 80.3 Å². The van der Waals surface area contributed by atoms with Crippen LogP contribution in [0, 0.1) is 47.0 Å². The van der Waals surface area contributed by atoms with Gasteiger partial charge < -0.3 is 0 Å². The summed E-state index contributed by atoms with van der Waals surface area (Å²) in [5.74, 6) is 0. The van der Waals surface area contributed by atoms with Gasteiger partial charge in [-0.1, -0.05) is 0 Å². The third kappa shape index (κ3) is 5.57. The van der Waals surface area contributed by atoms with E-state index in [4.69, 9.17) is 0 Å². The van der Waals surface area contributed by atoms with Gasteiger partial charge in [-0.15, -0.1) is 0 Å². The van der Waals surface area contributed by atoms with Crippen molar-refractivity contribution in [1.82, 2.24) is 0 Å². The Kier molecular flexibility index (Phi) is 7.88. The van der Waals surface area contributed by atoms with Crippen LogP contribution in [0.3, 0.4) is 0 Å². The minimum atomic E-state index is -2.60. The van der Waals surface area contributed by atoms with Crippen molar-refractivity contribution < 1.29 is 0 Å². The zero-order valence-corrected chi connectivity index (χ0v) is 22.9. The molecule has 0 nitrogen and oxygen atoms in total. The average Bonchev–Trinajstić information content (AvgIpc) is 2.55. The Hall–Kier alpha value is -1.02. The second-order valence-electron chi connectivity index (χ2n) is 10.8. The van der Waals surface area contributed by atoms with E-state index in [0.717, 1.165) is 0 Å². The first-order chi connectivity index (χ1) is 13.4. The van der Waals surface area contributed by atoms with Gasteiger partial charge >= 0.3 is 184 Å². The van der Waals surface area contributed by atoms with Crippen molar-refractivity contribution in [3.63, 3.8) is 0 Å². The van der Waals surface area contributed by atoms with E-state index >= 15 is 0 Å². The summed E-state index contributed by atoms with van der Waals surface area (Å²) in [7, 11) is 0. The van der Waals surface area contributed by atoms with Crippen molar-refractivity contribution in [3.05, 3.63) is 57.6 Å². The third-order valence-electron chi connectivity index (χ3n) is 6.57. The van der Waals surface area contributed by atoms with Crippen LogP contribution in [-0.2, 0) is 0 Å². The van der Waals surface area contributed by atoms with Gasteiger partial charge in [-0.2, -0.15) is 0 Å². The normalized spacial score (nSPS) is 12.5. The Morgan fingerprint density at radius 1 is 0.655 bits per heavy atom. The Balaban J connectivity index is 2.88. The van der Waals surface area contributed by atoms with Gasteiger partial charge in [-0.05, 0) is 0 Å². The summed E-state index contributed by atoms with van der Waals surface area (Å²) in [5.41, 5.74) is 9.38. The molecule has 2 rings (SSSR count). The molecule has 0 saturated heterocycles. The molecule has 160 valence electrons. The molecule has 0 atom stereocenters. The molecule has 0 spiro atoms. The van der Waals surface area contributed by atoms with Gasteiger partial charge in [-0.3, -0.25) is 0 Å². The van der Waals surface area contributed by atoms with Crippen LogP contribution in [0.2, 0.25) is 10.5 Å². The molecule has 0 radical (unpaired) electrons. The molecule has 0 N–H and O–H groups in total. The monoisotopic (exact) mass is 454 g/mol. The van der Waals surface area contributed by atoms with Crippen LogP contribution < -0.4 is 8.79 Å². The molecule has 0 aliphatic carbocycles. The molecular formula is C28H44Ge. The fourth-order valence-corrected chi connectivity index (χ4v) is 20.3. The van der Waals surface area contributed by atoms with E-state index in [1.165, 1.54) is 40.9 Å². The number of hydrogen-bond donors (Lipinski definition) is 0. The number of benzene rings is 2. The van der Waals surface area contributed by atoms with Crippen molar-refractivity contribution in [2.24, 2.45) is 5.41 Å². The van der Waals surface area contributed by atoms with E-state index in [-0.39, 0.29) is 0 Å². The van der Waals surface area contributed by atoms with Crippen molar-refractivity contribution in [1.29, 1.82) is 0 Å². The minimum absolute atomic E-state index is 0.377. The van der Waals surface area contributed by atoms with Crippen LogP contribution in [0.15, 0.2) is 24.3 Å². The summed E-state index contributed by atoms with van der Waals surface area (Å²) < 4.78 is 3.56. The summed E-state index contributed by atoms with van der Waals surface area (Å²) >= 11 is -2.60. The maximum atomic E-state index is 2.45. The first-order valence-corrected chi connectivity index (χ1v) is 16.6. The Bertz CT molecular complexity index is 748. The molecule has 0 aliphatic rings. The van der Waals surface area contributed by atoms with Crippen LogP contribution >= 0.6 is 0 Å². The molecule has 0 fully saturated rings. The van der Waals surface area contributed by atoms with Gasteiger partial charge in [-0.25, -0.2) is 0 Å². The average molecular weight is 453 g/mol. The first-order valence-electron chi connectivity index (χ1n) is 11.6. The molecule has 0 aromatic heterocycles. The molecule has 2 aromatic rings. The summed E-state index contributed by atoms with van der Waals surface area (Å²) in [6.45, 7) is 23.7. The topological polar surface area (TPSA) is 0 Å². The van der Waals surface area contributed by atoms with E-state index in [0.29, 0.717) is 5.41 Å². The van der Waals surface area contributed by atoms with Crippen molar-refractivity contribution in [2.45, 2.75) is 99.0 Å². The Labute approximate surface area is 183 Å². The molecule has 29 heavy (non-hydrogen) atoms. The summed E-state index contributed by atoms with van der Waals surface area (Å²) in [6.07, 6.45) is 3.95. The van der Waals surface area contributed by atoms with Crippen molar-refractivity contribution >= 4 is 22.1 Å². The molecule has 0 amide bonds. The van der Waals surface area contributed by atoms with Crippen molar-refractivity contribution in [2.75, 3.05) is 0 Å². The van der Waals surface area contributed by atoms with Gasteiger partial charge in [0, 0.05) is 0 Å². The van der Waals surface area contributed by atoms with E-state index in [1.54, 1.807) is 31.0 Å². The molecule has 0 aliphatic heterocycles. The second kappa shape index (κ2) is 9.42. The zero-order valence-electron chi connectivity index (χ0n) is 20.8. The van der Waals surface area contributed by atoms with Gasteiger partial charge in [0.2, 0.25) is 0 Å². The van der Waals surface area contributed by atoms with Crippen LogP contribution in [0.25, 0.3) is 0 Å². The number of aryl methyl sites for hydroxylation is 6. The molecule has 0 unspecified atom stereocenters. The fourth-order valence-electron chi connectivity index (χ4n) is 5.69. The third-order valence-corrected chi connectivity index (χ3v) is 18.7. The van der Waals surface area contributed by atoms with E-state index in [9.17, 15) is 0 Å². The number of hydrogen-bond acceptors (Lipinski definition) is 0. The Morgan fingerprint density at radius 3 is 1.34 bits per heavy atom. The number of rotatable bonds is 7. The number of unbranched alkanes of at least 4 members (excludes halogenated alkanes) is 1. The summed E-state index contributed by atoms with van der Waals surface area (Å²) in [5, 5.41) is 2.82. The van der Waals surface area contributed by atoms with Gasteiger partial charge in [0.1, 0.15) is 0 Å². The van der Waals surface area contributed by atoms with Crippen molar-refractivity contribution in [3.8, 4) is 0 Å². The predicted molar refractivity (Wildman–Crippen MR) is 135 cm³/mol. The summed E-state index contributed by atoms with van der Waals surface area (Å²) in [4.78, 5) is 0. The van der Waals surface area contributed by atoms with Gasteiger partial charge in [0.05, 0.1) is 0 Å². The molecule has 1 heteroatoms. The molecule has 0 heterocycles. The molecule has 2 aromatic carbocycles. The Morgan fingerprint density at radius 2 is 1.03 bits per heavy atom. The van der Waals surface area contributed by atoms with E-state index < -0.39 is 13.3 Å². The maximum absolute atomic E-state index is 2.60. The first kappa shape index (κ1) is 24.3.